The van der Waals surface area contributed by atoms with Crippen molar-refractivity contribution in [3.8, 4) is 22.9 Å². The predicted molar refractivity (Wildman–Crippen MR) is 122 cm³/mol. The second-order valence-corrected chi connectivity index (χ2v) is 8.87. The molecule has 9 heteroatoms. The van der Waals surface area contributed by atoms with E-state index < -0.39 is 6.09 Å². The van der Waals surface area contributed by atoms with E-state index >= 15 is 0 Å². The Labute approximate surface area is 191 Å². The molecule has 33 heavy (non-hydrogen) atoms. The van der Waals surface area contributed by atoms with Crippen molar-refractivity contribution in [1.82, 2.24) is 19.5 Å². The molecule has 2 aliphatic heterocycles. The van der Waals surface area contributed by atoms with Crippen LogP contribution < -0.4 is 9.64 Å². The van der Waals surface area contributed by atoms with Crippen LogP contribution >= 0.6 is 0 Å². The monoisotopic (exact) mass is 446 g/mol. The van der Waals surface area contributed by atoms with Gasteiger partial charge in [0.15, 0.2) is 0 Å². The van der Waals surface area contributed by atoms with Gasteiger partial charge in [0.2, 0.25) is 0 Å². The van der Waals surface area contributed by atoms with E-state index in [-0.39, 0.29) is 5.41 Å². The van der Waals surface area contributed by atoms with Gasteiger partial charge in [0, 0.05) is 48.9 Å². The number of carbonyl (C=O) groups is 1. The Balaban J connectivity index is 1.42. The normalized spacial score (nSPS) is 20.4. The summed E-state index contributed by atoms with van der Waals surface area (Å²) in [6.45, 7) is 5.36. The van der Waals surface area contributed by atoms with Gasteiger partial charge >= 0.3 is 6.09 Å². The third kappa shape index (κ3) is 3.82. The Morgan fingerprint density at radius 1 is 1.27 bits per heavy atom. The Morgan fingerprint density at radius 2 is 2.15 bits per heavy atom. The molecule has 3 aromatic heterocycles. The largest absolute Gasteiger partial charge is 0.492 e. The highest BCUT2D eigenvalue weighted by Gasteiger charge is 2.42. The molecule has 2 saturated heterocycles. The Hall–Kier alpha value is -3.80. The van der Waals surface area contributed by atoms with E-state index in [1.54, 1.807) is 21.8 Å². The summed E-state index contributed by atoms with van der Waals surface area (Å²) in [4.78, 5) is 20.0. The van der Waals surface area contributed by atoms with Gasteiger partial charge in [-0.2, -0.15) is 10.4 Å². The van der Waals surface area contributed by atoms with Crippen LogP contribution in [0.2, 0.25) is 0 Å². The average molecular weight is 447 g/mol. The summed E-state index contributed by atoms with van der Waals surface area (Å²) < 4.78 is 7.37. The minimum atomic E-state index is -0.827. The van der Waals surface area contributed by atoms with Crippen molar-refractivity contribution < 1.29 is 14.6 Å². The van der Waals surface area contributed by atoms with Crippen molar-refractivity contribution in [3.63, 3.8) is 0 Å². The summed E-state index contributed by atoms with van der Waals surface area (Å²) >= 11 is 0. The summed E-state index contributed by atoms with van der Waals surface area (Å²) in [5, 5.41) is 23.3. The quantitative estimate of drug-likeness (QED) is 0.652. The molecular weight excluding hydrogens is 420 g/mol. The van der Waals surface area contributed by atoms with E-state index in [9.17, 15) is 15.2 Å². The topological polar surface area (TPSA) is 107 Å². The third-order valence-corrected chi connectivity index (χ3v) is 6.77. The van der Waals surface area contributed by atoms with Crippen LogP contribution in [0.4, 0.5) is 10.6 Å². The lowest BCUT2D eigenvalue weighted by Crippen LogP contribution is -2.46. The molecule has 3 aromatic rings. The smallest absolute Gasteiger partial charge is 0.407 e. The lowest BCUT2D eigenvalue weighted by atomic mass is 9.79. The zero-order chi connectivity index (χ0) is 23.0. The number of likely N-dealkylation sites (tertiary alicyclic amines) is 1. The maximum Gasteiger partial charge on any atom is 0.407 e. The number of carboxylic acid groups (broad SMARTS) is 1. The van der Waals surface area contributed by atoms with E-state index in [1.807, 2.05) is 31.3 Å². The van der Waals surface area contributed by atoms with Gasteiger partial charge < -0.3 is 19.6 Å². The van der Waals surface area contributed by atoms with Crippen LogP contribution in [0.1, 0.15) is 31.7 Å². The maximum atomic E-state index is 11.5. The molecule has 1 N–H and O–H groups in total. The van der Waals surface area contributed by atoms with Crippen LogP contribution in [0.15, 0.2) is 36.8 Å². The van der Waals surface area contributed by atoms with Crippen LogP contribution in [0, 0.1) is 16.7 Å². The number of fused-ring (bicyclic) bond motifs is 1. The molecule has 0 saturated carbocycles. The molecule has 1 atom stereocenters. The first kappa shape index (κ1) is 21.1. The number of pyridine rings is 2. The summed E-state index contributed by atoms with van der Waals surface area (Å²) in [5.41, 5.74) is 2.96. The van der Waals surface area contributed by atoms with E-state index in [4.69, 9.17) is 9.72 Å². The number of piperidine rings is 1. The molecular formula is C24H26N6O3. The standard InChI is InChI=1S/C24H26N6O3/c1-2-33-19-10-20(22-18(11-25)13-27-30(22)14-19)17-4-5-21(26-12-17)28-9-7-24(15-28)6-3-8-29(16-24)23(31)32/h4-5,10,12-14H,2-3,6-9,15-16H2,1H3,(H,31,32). The van der Waals surface area contributed by atoms with Gasteiger partial charge in [-0.15, -0.1) is 0 Å². The molecule has 1 spiro atoms. The molecule has 5 heterocycles. The first-order valence-electron chi connectivity index (χ1n) is 11.3. The predicted octanol–water partition coefficient (Wildman–Crippen LogP) is 3.64. The first-order valence-corrected chi connectivity index (χ1v) is 11.3. The van der Waals surface area contributed by atoms with E-state index in [1.165, 1.54) is 0 Å². The molecule has 9 nitrogen and oxygen atoms in total. The van der Waals surface area contributed by atoms with Crippen LogP contribution in [0.3, 0.4) is 0 Å². The number of nitriles is 1. The second-order valence-electron chi connectivity index (χ2n) is 8.87. The van der Waals surface area contributed by atoms with Crippen molar-refractivity contribution in [3.05, 3.63) is 42.4 Å². The van der Waals surface area contributed by atoms with E-state index in [2.05, 4.69) is 16.1 Å². The highest BCUT2D eigenvalue weighted by atomic mass is 16.5. The number of anilines is 1. The number of amides is 1. The van der Waals surface area contributed by atoms with Gasteiger partial charge in [-0.25, -0.2) is 14.3 Å². The number of ether oxygens (including phenoxy) is 1. The van der Waals surface area contributed by atoms with Gasteiger partial charge in [0.1, 0.15) is 17.6 Å². The molecule has 0 aromatic carbocycles. The summed E-state index contributed by atoms with van der Waals surface area (Å²) in [6, 6.07) is 8.14. The zero-order valence-electron chi connectivity index (χ0n) is 18.6. The van der Waals surface area contributed by atoms with Gasteiger partial charge in [0.25, 0.3) is 0 Å². The van der Waals surface area contributed by atoms with Crippen LogP contribution in [-0.4, -0.2) is 63.5 Å². The van der Waals surface area contributed by atoms with Crippen molar-refractivity contribution in [2.24, 2.45) is 5.41 Å². The lowest BCUT2D eigenvalue weighted by Gasteiger charge is -2.39. The molecule has 2 fully saturated rings. The van der Waals surface area contributed by atoms with Gasteiger partial charge in [0.05, 0.1) is 30.1 Å². The fraction of sp³-hybridized carbons (Fsp3) is 0.417. The number of rotatable bonds is 4. The number of aromatic nitrogens is 3. The summed E-state index contributed by atoms with van der Waals surface area (Å²) in [7, 11) is 0. The van der Waals surface area contributed by atoms with Crippen molar-refractivity contribution >= 4 is 17.4 Å². The van der Waals surface area contributed by atoms with Crippen LogP contribution in [0.5, 0.6) is 5.75 Å². The van der Waals surface area contributed by atoms with Crippen molar-refractivity contribution in [2.45, 2.75) is 26.2 Å². The lowest BCUT2D eigenvalue weighted by molar-refractivity contribution is 0.0879. The first-order chi connectivity index (χ1) is 16.0. The molecule has 0 radical (unpaired) electrons. The molecule has 1 unspecified atom stereocenters. The van der Waals surface area contributed by atoms with Crippen LogP contribution in [0.25, 0.3) is 16.6 Å². The van der Waals surface area contributed by atoms with E-state index in [0.29, 0.717) is 31.0 Å². The molecule has 2 aliphatic rings. The minimum Gasteiger partial charge on any atom is -0.492 e. The minimum absolute atomic E-state index is 0.00821. The van der Waals surface area contributed by atoms with Gasteiger partial charge in [-0.05, 0) is 44.4 Å². The number of nitrogens with zero attached hydrogens (tertiary/aromatic N) is 6. The molecule has 0 aliphatic carbocycles. The maximum absolute atomic E-state index is 11.5. The molecule has 0 bridgehead atoms. The van der Waals surface area contributed by atoms with Crippen molar-refractivity contribution in [2.75, 3.05) is 37.7 Å². The Kier molecular flexibility index (Phi) is 5.29. The van der Waals surface area contributed by atoms with E-state index in [0.717, 1.165) is 54.8 Å². The molecule has 1 amide bonds. The third-order valence-electron chi connectivity index (χ3n) is 6.77. The average Bonchev–Trinajstić information content (AvgIpc) is 3.43. The van der Waals surface area contributed by atoms with Crippen molar-refractivity contribution in [1.29, 1.82) is 5.26 Å². The molecule has 170 valence electrons. The Morgan fingerprint density at radius 3 is 2.88 bits per heavy atom. The van der Waals surface area contributed by atoms with Crippen LogP contribution in [-0.2, 0) is 0 Å². The Bertz CT molecular complexity index is 1230. The zero-order valence-corrected chi connectivity index (χ0v) is 18.6. The second kappa shape index (κ2) is 8.28. The summed E-state index contributed by atoms with van der Waals surface area (Å²) in [5.74, 6) is 1.56. The highest BCUT2D eigenvalue weighted by molar-refractivity contribution is 5.85. The SMILES string of the molecule is CCOc1cc(-c2ccc(N3CCC4(CCCN(C(=O)O)C4)C3)nc2)c2c(C#N)cnn2c1. The van der Waals surface area contributed by atoms with Gasteiger partial charge in [-0.1, -0.05) is 0 Å². The highest BCUT2D eigenvalue weighted by Crippen LogP contribution is 2.40. The number of hydrogen-bond donors (Lipinski definition) is 1. The fourth-order valence-electron chi connectivity index (χ4n) is 5.21. The molecule has 5 rings (SSSR count). The fourth-order valence-corrected chi connectivity index (χ4v) is 5.21. The summed E-state index contributed by atoms with van der Waals surface area (Å²) in [6.07, 6.45) is 7.26. The van der Waals surface area contributed by atoms with Gasteiger partial charge in [-0.3, -0.25) is 0 Å². The number of hydrogen-bond acceptors (Lipinski definition) is 6.